The van der Waals surface area contributed by atoms with Crippen molar-refractivity contribution in [1.29, 1.82) is 0 Å². The average molecular weight is 298 g/mol. The van der Waals surface area contributed by atoms with Crippen LogP contribution < -0.4 is 10.2 Å². The van der Waals surface area contributed by atoms with Gasteiger partial charge in [0, 0.05) is 38.3 Å². The minimum Gasteiger partial charge on any atom is -0.363 e. The van der Waals surface area contributed by atoms with Gasteiger partial charge in [-0.1, -0.05) is 5.16 Å². The number of halogens is 1. The highest BCUT2D eigenvalue weighted by atomic mass is 35.5. The highest BCUT2D eigenvalue weighted by Gasteiger charge is 2.12. The lowest BCUT2D eigenvalue weighted by Gasteiger charge is -2.10. The third-order valence-electron chi connectivity index (χ3n) is 2.90. The second kappa shape index (κ2) is 7.21. The zero-order valence-electron chi connectivity index (χ0n) is 12.1. The van der Waals surface area contributed by atoms with E-state index in [1.165, 1.54) is 0 Å². The number of nitrogens with one attached hydrogen (secondary N) is 1. The van der Waals surface area contributed by atoms with E-state index in [1.807, 2.05) is 38.2 Å². The Kier molecular flexibility index (Phi) is 5.91. The number of likely N-dealkylation sites (N-methyl/N-ethyl adjacent to an activating group) is 1. The topological polar surface area (TPSA) is 67.1 Å². The molecule has 2 aromatic rings. The summed E-state index contributed by atoms with van der Waals surface area (Å²) in [4.78, 5) is 10.6. The van der Waals surface area contributed by atoms with Gasteiger partial charge in [0.1, 0.15) is 5.82 Å². The highest BCUT2D eigenvalue weighted by molar-refractivity contribution is 5.85. The Morgan fingerprint density at radius 2 is 2.15 bits per heavy atom. The summed E-state index contributed by atoms with van der Waals surface area (Å²) in [5.74, 6) is 2.10. The van der Waals surface area contributed by atoms with Gasteiger partial charge in [-0.15, -0.1) is 12.4 Å². The van der Waals surface area contributed by atoms with Crippen LogP contribution in [0.3, 0.4) is 0 Å². The van der Waals surface area contributed by atoms with Crippen molar-refractivity contribution in [1.82, 2.24) is 20.4 Å². The van der Waals surface area contributed by atoms with Crippen LogP contribution in [0.25, 0.3) is 11.5 Å². The molecule has 0 aromatic carbocycles. The van der Waals surface area contributed by atoms with Crippen molar-refractivity contribution < 1.29 is 4.52 Å². The maximum absolute atomic E-state index is 5.30. The van der Waals surface area contributed by atoms with Gasteiger partial charge in [0.05, 0.1) is 0 Å². The van der Waals surface area contributed by atoms with Crippen molar-refractivity contribution in [3.05, 3.63) is 24.2 Å². The molecule has 0 spiro atoms. The molecule has 1 N–H and O–H groups in total. The van der Waals surface area contributed by atoms with E-state index in [9.17, 15) is 0 Å². The van der Waals surface area contributed by atoms with E-state index in [4.69, 9.17) is 4.52 Å². The molecule has 110 valence electrons. The molecule has 1 unspecified atom stereocenters. The summed E-state index contributed by atoms with van der Waals surface area (Å²) >= 11 is 0. The van der Waals surface area contributed by atoms with Crippen LogP contribution >= 0.6 is 12.4 Å². The van der Waals surface area contributed by atoms with Crippen LogP contribution in [0.4, 0.5) is 5.82 Å². The first-order valence-corrected chi connectivity index (χ1v) is 6.23. The summed E-state index contributed by atoms with van der Waals surface area (Å²) < 4.78 is 5.30. The van der Waals surface area contributed by atoms with E-state index in [1.54, 1.807) is 6.20 Å². The molecule has 20 heavy (non-hydrogen) atoms. The molecule has 0 aliphatic carbocycles. The lowest BCUT2D eigenvalue weighted by molar-refractivity contribution is 0.418. The lowest BCUT2D eigenvalue weighted by atomic mass is 10.2. The van der Waals surface area contributed by atoms with Gasteiger partial charge in [-0.2, -0.15) is 4.98 Å². The van der Waals surface area contributed by atoms with Gasteiger partial charge in [0.15, 0.2) is 5.82 Å². The van der Waals surface area contributed by atoms with Crippen LogP contribution in [0.5, 0.6) is 0 Å². The van der Waals surface area contributed by atoms with E-state index in [0.717, 1.165) is 17.8 Å². The number of aromatic nitrogens is 3. The number of nitrogens with zero attached hydrogens (tertiary/aromatic N) is 4. The summed E-state index contributed by atoms with van der Waals surface area (Å²) in [5, 5.41) is 7.14. The molecule has 7 heteroatoms. The van der Waals surface area contributed by atoms with Gasteiger partial charge in [-0.05, 0) is 26.1 Å². The standard InChI is InChI=1S/C13H19N5O.ClH/c1-9(14-2)7-11-16-13(19-17-11)10-5-6-15-12(8-10)18(3)4;/h5-6,8-9,14H,7H2,1-4H3;1H. The number of anilines is 1. The monoisotopic (exact) mass is 297 g/mol. The molecule has 0 aliphatic heterocycles. The van der Waals surface area contributed by atoms with Crippen LogP contribution in [0.1, 0.15) is 12.7 Å². The average Bonchev–Trinajstić information content (AvgIpc) is 2.87. The molecule has 0 radical (unpaired) electrons. The molecule has 0 bridgehead atoms. The van der Waals surface area contributed by atoms with E-state index in [2.05, 4.69) is 27.4 Å². The molecule has 0 fully saturated rings. The third kappa shape index (κ3) is 3.91. The SMILES string of the molecule is CNC(C)Cc1noc(-c2ccnc(N(C)C)c2)n1.Cl. The quantitative estimate of drug-likeness (QED) is 0.907. The molecule has 0 amide bonds. The minimum absolute atomic E-state index is 0. The van der Waals surface area contributed by atoms with Gasteiger partial charge in [0.2, 0.25) is 0 Å². The fraction of sp³-hybridized carbons (Fsp3) is 0.462. The molecule has 6 nitrogen and oxygen atoms in total. The number of pyridine rings is 1. The van der Waals surface area contributed by atoms with Gasteiger partial charge in [0.25, 0.3) is 5.89 Å². The Labute approximate surface area is 125 Å². The first-order chi connectivity index (χ1) is 9.10. The summed E-state index contributed by atoms with van der Waals surface area (Å²) in [6.07, 6.45) is 2.48. The fourth-order valence-corrected chi connectivity index (χ4v) is 1.63. The molecular weight excluding hydrogens is 278 g/mol. The van der Waals surface area contributed by atoms with Crippen LogP contribution in [-0.2, 0) is 6.42 Å². The van der Waals surface area contributed by atoms with Crippen molar-refractivity contribution in [2.75, 3.05) is 26.0 Å². The van der Waals surface area contributed by atoms with Crippen molar-refractivity contribution in [2.45, 2.75) is 19.4 Å². The maximum Gasteiger partial charge on any atom is 0.258 e. The maximum atomic E-state index is 5.30. The molecule has 1 atom stereocenters. The number of hydrogen-bond donors (Lipinski definition) is 1. The second-order valence-corrected chi connectivity index (χ2v) is 4.71. The summed E-state index contributed by atoms with van der Waals surface area (Å²) in [6.45, 7) is 2.08. The summed E-state index contributed by atoms with van der Waals surface area (Å²) in [6, 6.07) is 4.12. The van der Waals surface area contributed by atoms with Crippen molar-refractivity contribution in [3.63, 3.8) is 0 Å². The van der Waals surface area contributed by atoms with E-state index < -0.39 is 0 Å². The van der Waals surface area contributed by atoms with Gasteiger partial charge < -0.3 is 14.7 Å². The predicted octanol–water partition coefficient (Wildman–Crippen LogP) is 1.77. The van der Waals surface area contributed by atoms with Crippen molar-refractivity contribution in [3.8, 4) is 11.5 Å². The summed E-state index contributed by atoms with van der Waals surface area (Å²) in [5.41, 5.74) is 0.884. The summed E-state index contributed by atoms with van der Waals surface area (Å²) in [7, 11) is 5.80. The Morgan fingerprint density at radius 3 is 2.80 bits per heavy atom. The van der Waals surface area contributed by atoms with Crippen molar-refractivity contribution in [2.24, 2.45) is 0 Å². The Balaban J connectivity index is 0.00000200. The van der Waals surface area contributed by atoms with Gasteiger partial charge >= 0.3 is 0 Å². The highest BCUT2D eigenvalue weighted by Crippen LogP contribution is 2.20. The molecule has 0 saturated carbocycles. The second-order valence-electron chi connectivity index (χ2n) is 4.71. The zero-order chi connectivity index (χ0) is 13.8. The zero-order valence-corrected chi connectivity index (χ0v) is 12.9. The lowest BCUT2D eigenvalue weighted by Crippen LogP contribution is -2.24. The van der Waals surface area contributed by atoms with Crippen molar-refractivity contribution >= 4 is 18.2 Å². The van der Waals surface area contributed by atoms with Gasteiger partial charge in [-0.3, -0.25) is 0 Å². The third-order valence-corrected chi connectivity index (χ3v) is 2.90. The Bertz CT molecular complexity index is 543. The van der Waals surface area contributed by atoms with E-state index >= 15 is 0 Å². The van der Waals surface area contributed by atoms with Crippen LogP contribution in [0.2, 0.25) is 0 Å². The van der Waals surface area contributed by atoms with Gasteiger partial charge in [-0.25, -0.2) is 4.98 Å². The molecule has 2 aromatic heterocycles. The fourth-order valence-electron chi connectivity index (χ4n) is 1.63. The Hall–Kier alpha value is -1.66. The smallest absolute Gasteiger partial charge is 0.258 e. The minimum atomic E-state index is 0. The molecule has 0 saturated heterocycles. The van der Waals surface area contributed by atoms with Crippen LogP contribution in [-0.4, -0.2) is 42.3 Å². The normalized spacial score (nSPS) is 11.8. The number of rotatable bonds is 5. The largest absolute Gasteiger partial charge is 0.363 e. The van der Waals surface area contributed by atoms with E-state index in [0.29, 0.717) is 17.8 Å². The van der Waals surface area contributed by atoms with E-state index in [-0.39, 0.29) is 12.4 Å². The molecule has 2 rings (SSSR count). The predicted molar refractivity (Wildman–Crippen MR) is 81.3 cm³/mol. The first kappa shape index (κ1) is 16.4. The van der Waals surface area contributed by atoms with Crippen LogP contribution in [0.15, 0.2) is 22.9 Å². The Morgan fingerprint density at radius 1 is 1.40 bits per heavy atom. The molecular formula is C13H20ClN5O. The van der Waals surface area contributed by atoms with Crippen LogP contribution in [0, 0.1) is 0 Å². The number of hydrogen-bond acceptors (Lipinski definition) is 6. The molecule has 0 aliphatic rings. The first-order valence-electron chi connectivity index (χ1n) is 6.23. The molecule has 2 heterocycles.